The van der Waals surface area contributed by atoms with Gasteiger partial charge in [0.25, 0.3) is 0 Å². The SMILES string of the molecule is NS(=O)(=O)c1cccc(NC(=O)CN2CCCCCC2)c1. The highest BCUT2D eigenvalue weighted by atomic mass is 32.2. The van der Waals surface area contributed by atoms with Crippen LogP contribution < -0.4 is 10.5 Å². The molecule has 21 heavy (non-hydrogen) atoms. The summed E-state index contributed by atoms with van der Waals surface area (Å²) in [6, 6.07) is 5.98. The van der Waals surface area contributed by atoms with Crippen LogP contribution in [0, 0.1) is 0 Å². The summed E-state index contributed by atoms with van der Waals surface area (Å²) in [5.41, 5.74) is 0.446. The number of hydrogen-bond donors (Lipinski definition) is 2. The summed E-state index contributed by atoms with van der Waals surface area (Å²) in [6.07, 6.45) is 4.67. The average Bonchev–Trinajstić information content (AvgIpc) is 2.66. The quantitative estimate of drug-likeness (QED) is 0.872. The largest absolute Gasteiger partial charge is 0.325 e. The lowest BCUT2D eigenvalue weighted by atomic mass is 10.2. The number of carbonyl (C=O) groups is 1. The zero-order valence-corrected chi connectivity index (χ0v) is 12.7. The first kappa shape index (κ1) is 15.9. The molecule has 1 aromatic rings. The van der Waals surface area contributed by atoms with Crippen LogP contribution in [0.3, 0.4) is 0 Å². The molecule has 7 heteroatoms. The van der Waals surface area contributed by atoms with Crippen molar-refractivity contribution in [1.29, 1.82) is 0 Å². The molecular formula is C14H21N3O3S. The first-order valence-electron chi connectivity index (χ1n) is 7.10. The van der Waals surface area contributed by atoms with Crippen LogP contribution in [0.5, 0.6) is 0 Å². The van der Waals surface area contributed by atoms with Gasteiger partial charge in [-0.2, -0.15) is 0 Å². The Hall–Kier alpha value is -1.44. The van der Waals surface area contributed by atoms with Gasteiger partial charge in [0, 0.05) is 5.69 Å². The molecule has 0 aliphatic carbocycles. The number of primary sulfonamides is 1. The fraction of sp³-hybridized carbons (Fsp3) is 0.500. The standard InChI is InChI=1S/C14H21N3O3S/c15-21(19,20)13-7-5-6-12(10-13)16-14(18)11-17-8-3-1-2-4-9-17/h5-7,10H,1-4,8-9,11H2,(H,16,18)(H2,15,19,20). The highest BCUT2D eigenvalue weighted by Gasteiger charge is 2.14. The Morgan fingerprint density at radius 3 is 2.48 bits per heavy atom. The lowest BCUT2D eigenvalue weighted by Crippen LogP contribution is -2.33. The van der Waals surface area contributed by atoms with Gasteiger partial charge in [-0.05, 0) is 44.1 Å². The first-order valence-corrected chi connectivity index (χ1v) is 8.65. The fourth-order valence-corrected chi connectivity index (χ4v) is 3.01. The van der Waals surface area contributed by atoms with Gasteiger partial charge in [0.1, 0.15) is 0 Å². The Labute approximate surface area is 125 Å². The number of anilines is 1. The van der Waals surface area contributed by atoms with Crippen LogP contribution in [0.4, 0.5) is 5.69 Å². The van der Waals surface area contributed by atoms with Gasteiger partial charge in [-0.25, -0.2) is 13.6 Å². The van der Waals surface area contributed by atoms with Crippen LogP contribution in [0.25, 0.3) is 0 Å². The number of nitrogens with two attached hydrogens (primary N) is 1. The minimum absolute atomic E-state index is 0.00456. The smallest absolute Gasteiger partial charge is 0.238 e. The molecule has 1 aliphatic rings. The molecule has 0 unspecified atom stereocenters. The Kier molecular flexibility index (Phi) is 5.33. The maximum absolute atomic E-state index is 12.0. The number of nitrogens with one attached hydrogen (secondary N) is 1. The molecule has 1 aromatic carbocycles. The van der Waals surface area contributed by atoms with Crippen molar-refractivity contribution in [3.8, 4) is 0 Å². The molecule has 2 rings (SSSR count). The van der Waals surface area contributed by atoms with Crippen LogP contribution in [-0.2, 0) is 14.8 Å². The summed E-state index contributed by atoms with van der Waals surface area (Å²) in [5, 5.41) is 7.80. The maximum Gasteiger partial charge on any atom is 0.238 e. The van der Waals surface area contributed by atoms with Crippen LogP contribution in [-0.4, -0.2) is 38.9 Å². The van der Waals surface area contributed by atoms with Gasteiger partial charge in [-0.15, -0.1) is 0 Å². The molecule has 0 saturated carbocycles. The van der Waals surface area contributed by atoms with Crippen molar-refractivity contribution >= 4 is 21.6 Å². The van der Waals surface area contributed by atoms with E-state index in [-0.39, 0.29) is 10.8 Å². The molecule has 0 atom stereocenters. The Bertz CT molecular complexity index is 593. The number of sulfonamides is 1. The molecule has 1 saturated heterocycles. The molecule has 0 spiro atoms. The number of carbonyl (C=O) groups excluding carboxylic acids is 1. The van der Waals surface area contributed by atoms with E-state index in [9.17, 15) is 13.2 Å². The molecular weight excluding hydrogens is 290 g/mol. The summed E-state index contributed by atoms with van der Waals surface area (Å²) < 4.78 is 22.6. The van der Waals surface area contributed by atoms with E-state index in [1.54, 1.807) is 12.1 Å². The number of hydrogen-bond acceptors (Lipinski definition) is 4. The Morgan fingerprint density at radius 1 is 1.19 bits per heavy atom. The molecule has 1 aliphatic heterocycles. The third-order valence-electron chi connectivity index (χ3n) is 3.51. The molecule has 3 N–H and O–H groups in total. The second-order valence-corrected chi connectivity index (χ2v) is 6.87. The Balaban J connectivity index is 1.96. The summed E-state index contributed by atoms with van der Waals surface area (Å²) >= 11 is 0. The van der Waals surface area contributed by atoms with Crippen molar-refractivity contribution in [2.45, 2.75) is 30.6 Å². The van der Waals surface area contributed by atoms with E-state index in [2.05, 4.69) is 10.2 Å². The summed E-state index contributed by atoms with van der Waals surface area (Å²) in [6.45, 7) is 2.20. The summed E-state index contributed by atoms with van der Waals surface area (Å²) in [5.74, 6) is -0.136. The molecule has 0 bridgehead atoms. The molecule has 1 fully saturated rings. The second kappa shape index (κ2) is 7.02. The van der Waals surface area contributed by atoms with Crippen molar-refractivity contribution < 1.29 is 13.2 Å². The van der Waals surface area contributed by atoms with Crippen LogP contribution in [0.15, 0.2) is 29.2 Å². The van der Waals surface area contributed by atoms with Crippen LogP contribution >= 0.6 is 0 Å². The molecule has 1 heterocycles. The first-order chi connectivity index (χ1) is 9.95. The monoisotopic (exact) mass is 311 g/mol. The topological polar surface area (TPSA) is 92.5 Å². The molecule has 6 nitrogen and oxygen atoms in total. The minimum Gasteiger partial charge on any atom is -0.325 e. The summed E-state index contributed by atoms with van der Waals surface area (Å²) in [4.78, 5) is 14.1. The zero-order chi connectivity index (χ0) is 15.3. The number of benzene rings is 1. The number of nitrogens with zero attached hydrogens (tertiary/aromatic N) is 1. The van der Waals surface area contributed by atoms with Gasteiger partial charge in [0.2, 0.25) is 15.9 Å². The van der Waals surface area contributed by atoms with Gasteiger partial charge < -0.3 is 5.32 Å². The molecule has 0 radical (unpaired) electrons. The van der Waals surface area contributed by atoms with Crippen LogP contribution in [0.1, 0.15) is 25.7 Å². The molecule has 0 aromatic heterocycles. The number of likely N-dealkylation sites (tertiary alicyclic amines) is 1. The van der Waals surface area contributed by atoms with E-state index >= 15 is 0 Å². The van der Waals surface area contributed by atoms with Crippen molar-refractivity contribution in [2.75, 3.05) is 25.0 Å². The van der Waals surface area contributed by atoms with E-state index in [0.29, 0.717) is 12.2 Å². The zero-order valence-electron chi connectivity index (χ0n) is 11.9. The van der Waals surface area contributed by atoms with Crippen LogP contribution in [0.2, 0.25) is 0 Å². The maximum atomic E-state index is 12.0. The third kappa shape index (κ3) is 5.11. The lowest BCUT2D eigenvalue weighted by Gasteiger charge is -2.19. The van der Waals surface area contributed by atoms with E-state index in [1.165, 1.54) is 25.0 Å². The van der Waals surface area contributed by atoms with Crippen molar-refractivity contribution in [3.63, 3.8) is 0 Å². The average molecular weight is 311 g/mol. The number of amides is 1. The molecule has 116 valence electrons. The Morgan fingerprint density at radius 2 is 1.86 bits per heavy atom. The van der Waals surface area contributed by atoms with Gasteiger partial charge >= 0.3 is 0 Å². The fourth-order valence-electron chi connectivity index (χ4n) is 2.45. The highest BCUT2D eigenvalue weighted by Crippen LogP contribution is 2.14. The van der Waals surface area contributed by atoms with E-state index in [1.807, 2.05) is 0 Å². The predicted molar refractivity (Wildman–Crippen MR) is 81.4 cm³/mol. The van der Waals surface area contributed by atoms with E-state index in [4.69, 9.17) is 5.14 Å². The van der Waals surface area contributed by atoms with Crippen molar-refractivity contribution in [1.82, 2.24) is 4.90 Å². The van der Waals surface area contributed by atoms with Gasteiger partial charge in [-0.1, -0.05) is 18.9 Å². The predicted octanol–water partition coefficient (Wildman–Crippen LogP) is 1.15. The van der Waals surface area contributed by atoms with Crippen molar-refractivity contribution in [3.05, 3.63) is 24.3 Å². The third-order valence-corrected chi connectivity index (χ3v) is 4.42. The second-order valence-electron chi connectivity index (χ2n) is 5.31. The lowest BCUT2D eigenvalue weighted by molar-refractivity contribution is -0.117. The van der Waals surface area contributed by atoms with Gasteiger partial charge in [0.15, 0.2) is 0 Å². The minimum atomic E-state index is -3.75. The van der Waals surface area contributed by atoms with Gasteiger partial charge in [-0.3, -0.25) is 9.69 Å². The molecule has 1 amide bonds. The summed E-state index contributed by atoms with van der Waals surface area (Å²) in [7, 11) is -3.75. The number of rotatable bonds is 4. The van der Waals surface area contributed by atoms with Crippen molar-refractivity contribution in [2.24, 2.45) is 5.14 Å². The highest BCUT2D eigenvalue weighted by molar-refractivity contribution is 7.89. The van der Waals surface area contributed by atoms with E-state index in [0.717, 1.165) is 25.9 Å². The van der Waals surface area contributed by atoms with Gasteiger partial charge in [0.05, 0.1) is 11.4 Å². The normalized spacial score (nSPS) is 17.2. The van der Waals surface area contributed by atoms with E-state index < -0.39 is 10.0 Å².